The molecule has 7 aromatic rings. The minimum atomic E-state index is 0.502. The van der Waals surface area contributed by atoms with Crippen LogP contribution in [0.2, 0.25) is 0 Å². The van der Waals surface area contributed by atoms with Gasteiger partial charge in [0.1, 0.15) is 0 Å². The molecule has 7 rings (SSSR count). The number of anilines is 6. The van der Waals surface area contributed by atoms with Gasteiger partial charge in [0.25, 0.3) is 0 Å². The van der Waals surface area contributed by atoms with E-state index in [1.165, 1.54) is 0 Å². The molecule has 0 unspecified atom stereocenters. The third-order valence-electron chi connectivity index (χ3n) is 8.73. The van der Waals surface area contributed by atoms with Crippen LogP contribution >= 0.6 is 0 Å². The Morgan fingerprint density at radius 1 is 0.327 bits per heavy atom. The summed E-state index contributed by atoms with van der Waals surface area (Å²) in [6, 6.07) is 65.9. The van der Waals surface area contributed by atoms with Gasteiger partial charge in [-0.25, -0.2) is 0 Å². The molecule has 0 N–H and O–H groups in total. The Morgan fingerprint density at radius 3 is 0.865 bits per heavy atom. The molecule has 4 heteroatoms. The van der Waals surface area contributed by atoms with Crippen molar-refractivity contribution in [1.29, 1.82) is 10.5 Å². The zero-order chi connectivity index (χ0) is 35.5. The molecule has 0 aliphatic carbocycles. The molecule has 52 heavy (non-hydrogen) atoms. The Labute approximate surface area is 305 Å². The highest BCUT2D eigenvalue weighted by atomic mass is 15.1. The third-order valence-corrected chi connectivity index (χ3v) is 8.73. The molecule has 0 atom stereocenters. The van der Waals surface area contributed by atoms with Crippen LogP contribution in [0, 0.1) is 22.7 Å². The first-order chi connectivity index (χ1) is 25.7. The van der Waals surface area contributed by atoms with Crippen molar-refractivity contribution < 1.29 is 0 Å². The van der Waals surface area contributed by atoms with Gasteiger partial charge < -0.3 is 9.80 Å². The lowest BCUT2D eigenvalue weighted by Gasteiger charge is -2.25. The van der Waals surface area contributed by atoms with Crippen LogP contribution in [0.3, 0.4) is 0 Å². The molecule has 0 bridgehead atoms. The van der Waals surface area contributed by atoms with Gasteiger partial charge in [0.05, 0.1) is 23.3 Å². The van der Waals surface area contributed by atoms with Gasteiger partial charge in [-0.3, -0.25) is 0 Å². The summed E-state index contributed by atoms with van der Waals surface area (Å²) in [6.07, 6.45) is 7.75. The number of benzene rings is 7. The van der Waals surface area contributed by atoms with Crippen molar-refractivity contribution in [3.05, 3.63) is 215 Å². The van der Waals surface area contributed by atoms with E-state index in [0.717, 1.165) is 45.3 Å². The quantitative estimate of drug-likeness (QED) is 0.136. The maximum Gasteiger partial charge on any atom is 0.0998 e. The molecule has 0 fully saturated rings. The molecule has 0 radical (unpaired) electrons. The lowest BCUT2D eigenvalue weighted by molar-refractivity contribution is 1.28. The second-order valence-corrected chi connectivity index (χ2v) is 12.1. The highest BCUT2D eigenvalue weighted by Crippen LogP contribution is 2.36. The molecule has 0 aliphatic rings. The number of para-hydroxylation sites is 4. The van der Waals surface area contributed by atoms with Crippen molar-refractivity contribution in [2.75, 3.05) is 9.80 Å². The summed E-state index contributed by atoms with van der Waals surface area (Å²) in [5.41, 5.74) is 10.7. The maximum absolute atomic E-state index is 10.1. The van der Waals surface area contributed by atoms with Crippen LogP contribution in [0.25, 0.3) is 24.3 Å². The van der Waals surface area contributed by atoms with Crippen molar-refractivity contribution >= 4 is 58.4 Å². The van der Waals surface area contributed by atoms with Crippen LogP contribution in [-0.4, -0.2) is 0 Å². The number of nitrogens with zero attached hydrogens (tertiary/aromatic N) is 4. The van der Waals surface area contributed by atoms with E-state index in [0.29, 0.717) is 22.3 Å². The first-order valence-corrected chi connectivity index (χ1v) is 17.1. The smallest absolute Gasteiger partial charge is 0.0998 e. The van der Waals surface area contributed by atoms with Gasteiger partial charge in [-0.2, -0.15) is 10.5 Å². The Bertz CT molecular complexity index is 2130. The Morgan fingerprint density at radius 2 is 0.596 bits per heavy atom. The highest BCUT2D eigenvalue weighted by molar-refractivity contribution is 5.82. The molecule has 0 heterocycles. The molecule has 7 aromatic carbocycles. The van der Waals surface area contributed by atoms with Crippen molar-refractivity contribution in [3.63, 3.8) is 0 Å². The van der Waals surface area contributed by atoms with E-state index >= 15 is 0 Å². The van der Waals surface area contributed by atoms with Gasteiger partial charge in [0.15, 0.2) is 0 Å². The fourth-order valence-electron chi connectivity index (χ4n) is 6.15. The lowest BCUT2D eigenvalue weighted by atomic mass is 9.97. The average Bonchev–Trinajstić information content (AvgIpc) is 3.22. The average molecular weight is 667 g/mol. The SMILES string of the molecule is N#Cc1cc(C=Cc2ccc(N(c3ccccc3)c3ccccc3)cc2)c(C#N)cc1C=Cc1ccc(N(c2ccccc2)c2ccccc2)cc1. The van der Waals surface area contributed by atoms with E-state index in [2.05, 4.69) is 119 Å². The molecular weight excluding hydrogens is 633 g/mol. The summed E-state index contributed by atoms with van der Waals surface area (Å²) in [5.74, 6) is 0. The van der Waals surface area contributed by atoms with Crippen molar-refractivity contribution in [2.45, 2.75) is 0 Å². The van der Waals surface area contributed by atoms with Crippen LogP contribution in [-0.2, 0) is 0 Å². The zero-order valence-corrected chi connectivity index (χ0v) is 28.4. The summed E-state index contributed by atoms with van der Waals surface area (Å²) in [6.45, 7) is 0. The maximum atomic E-state index is 10.1. The summed E-state index contributed by atoms with van der Waals surface area (Å²) in [7, 11) is 0. The standard InChI is InChI=1S/C48H34N4/c49-35-41-34-40(28-22-38-25-31-48(32-26-38)52(45-17-9-3-10-18-45)46-19-11-4-12-20-46)42(36-50)33-39(41)27-21-37-23-29-47(30-24-37)51(43-13-5-1-6-14-43)44-15-7-2-8-16-44/h1-34H. The predicted molar refractivity (Wildman–Crippen MR) is 216 cm³/mol. The summed E-state index contributed by atoms with van der Waals surface area (Å²) >= 11 is 0. The largest absolute Gasteiger partial charge is 0.311 e. The minimum Gasteiger partial charge on any atom is -0.311 e. The van der Waals surface area contributed by atoms with Crippen LogP contribution in [0.1, 0.15) is 33.4 Å². The van der Waals surface area contributed by atoms with E-state index in [4.69, 9.17) is 0 Å². The van der Waals surface area contributed by atoms with Gasteiger partial charge in [-0.1, -0.05) is 121 Å². The van der Waals surface area contributed by atoms with Gasteiger partial charge in [0.2, 0.25) is 0 Å². The fourth-order valence-corrected chi connectivity index (χ4v) is 6.15. The summed E-state index contributed by atoms with van der Waals surface area (Å²) < 4.78 is 0. The van der Waals surface area contributed by atoms with Crippen LogP contribution in [0.5, 0.6) is 0 Å². The van der Waals surface area contributed by atoms with Crippen LogP contribution in [0.15, 0.2) is 182 Å². The highest BCUT2D eigenvalue weighted by Gasteiger charge is 2.13. The molecule has 0 amide bonds. The molecule has 0 aliphatic heterocycles. The number of rotatable bonds is 10. The Hall–Kier alpha value is -7.40. The van der Waals surface area contributed by atoms with Gasteiger partial charge >= 0.3 is 0 Å². The van der Waals surface area contributed by atoms with Gasteiger partial charge in [-0.05, 0) is 107 Å². The van der Waals surface area contributed by atoms with Crippen LogP contribution < -0.4 is 9.80 Å². The van der Waals surface area contributed by atoms with Crippen molar-refractivity contribution in [1.82, 2.24) is 0 Å². The van der Waals surface area contributed by atoms with E-state index < -0.39 is 0 Å². The lowest BCUT2D eigenvalue weighted by Crippen LogP contribution is -2.09. The summed E-state index contributed by atoms with van der Waals surface area (Å²) in [4.78, 5) is 4.43. The molecule has 246 valence electrons. The molecule has 0 spiro atoms. The second-order valence-electron chi connectivity index (χ2n) is 12.1. The number of hydrogen-bond donors (Lipinski definition) is 0. The number of hydrogen-bond acceptors (Lipinski definition) is 4. The first-order valence-electron chi connectivity index (χ1n) is 17.1. The first kappa shape index (κ1) is 33.1. The van der Waals surface area contributed by atoms with Crippen LogP contribution in [0.4, 0.5) is 34.1 Å². The molecule has 0 saturated heterocycles. The Kier molecular flexibility index (Phi) is 10.1. The molecule has 4 nitrogen and oxygen atoms in total. The Balaban J connectivity index is 1.10. The topological polar surface area (TPSA) is 54.1 Å². The van der Waals surface area contributed by atoms with Crippen molar-refractivity contribution in [2.24, 2.45) is 0 Å². The fraction of sp³-hybridized carbons (Fsp3) is 0. The molecule has 0 aromatic heterocycles. The van der Waals surface area contributed by atoms with E-state index in [-0.39, 0.29) is 0 Å². The second kappa shape index (κ2) is 15.9. The number of nitriles is 2. The zero-order valence-electron chi connectivity index (χ0n) is 28.4. The monoisotopic (exact) mass is 666 g/mol. The summed E-state index contributed by atoms with van der Waals surface area (Å²) in [5, 5.41) is 20.1. The molecule has 0 saturated carbocycles. The van der Waals surface area contributed by atoms with E-state index in [9.17, 15) is 10.5 Å². The third kappa shape index (κ3) is 7.58. The predicted octanol–water partition coefficient (Wildman–Crippen LogP) is 12.7. The van der Waals surface area contributed by atoms with Crippen molar-refractivity contribution in [3.8, 4) is 12.1 Å². The molecular formula is C48H34N4. The van der Waals surface area contributed by atoms with E-state index in [1.54, 1.807) is 12.1 Å². The van der Waals surface area contributed by atoms with Gasteiger partial charge in [-0.15, -0.1) is 0 Å². The normalized spacial score (nSPS) is 10.9. The van der Waals surface area contributed by atoms with Gasteiger partial charge in [0, 0.05) is 34.1 Å². The minimum absolute atomic E-state index is 0.502. The van der Waals surface area contributed by atoms with E-state index in [1.807, 2.05) is 97.1 Å².